The maximum atomic E-state index is 13.3. The van der Waals surface area contributed by atoms with E-state index in [1.165, 1.54) is 0 Å². The fourth-order valence-electron chi connectivity index (χ4n) is 1.26. The minimum absolute atomic E-state index is 0.503. The Hall–Kier alpha value is -0.880. The van der Waals surface area contributed by atoms with Crippen molar-refractivity contribution in [2.75, 3.05) is 6.61 Å². The van der Waals surface area contributed by atoms with Gasteiger partial charge in [0.2, 0.25) is 0 Å². The van der Waals surface area contributed by atoms with E-state index in [9.17, 15) is 22.0 Å². The van der Waals surface area contributed by atoms with E-state index in [-0.39, 0.29) is 0 Å². The van der Waals surface area contributed by atoms with Gasteiger partial charge >= 0.3 is 6.18 Å². The first-order valence-corrected chi connectivity index (χ1v) is 4.92. The zero-order chi connectivity index (χ0) is 13.3. The standard InChI is InChI=1S/C10H8ClF5O/c11-8-5-6(9(12,13)3-4-17)1-2-7(8)10(14,15)16/h1-2,5,17H,3-4H2. The van der Waals surface area contributed by atoms with Crippen LogP contribution in [0.1, 0.15) is 17.5 Å². The second-order valence-corrected chi connectivity index (χ2v) is 3.78. The summed E-state index contributed by atoms with van der Waals surface area (Å²) < 4.78 is 63.5. The molecule has 0 aliphatic carbocycles. The molecule has 0 saturated carbocycles. The van der Waals surface area contributed by atoms with Crippen LogP contribution in [0.15, 0.2) is 18.2 Å². The summed E-state index contributed by atoms with van der Waals surface area (Å²) in [6, 6.07) is 1.73. The number of hydrogen-bond donors (Lipinski definition) is 1. The van der Waals surface area contributed by atoms with Gasteiger partial charge < -0.3 is 5.11 Å². The minimum Gasteiger partial charge on any atom is -0.396 e. The van der Waals surface area contributed by atoms with E-state index in [1.807, 2.05) is 0 Å². The van der Waals surface area contributed by atoms with Gasteiger partial charge in [-0.2, -0.15) is 13.2 Å². The van der Waals surface area contributed by atoms with Crippen LogP contribution in [0.3, 0.4) is 0 Å². The quantitative estimate of drug-likeness (QED) is 0.831. The third kappa shape index (κ3) is 3.29. The molecule has 1 aromatic rings. The molecule has 1 aromatic carbocycles. The van der Waals surface area contributed by atoms with Gasteiger partial charge in [0.25, 0.3) is 5.92 Å². The Morgan fingerprint density at radius 3 is 2.12 bits per heavy atom. The molecule has 0 radical (unpaired) electrons. The van der Waals surface area contributed by atoms with E-state index in [0.717, 1.165) is 0 Å². The molecule has 96 valence electrons. The lowest BCUT2D eigenvalue weighted by Crippen LogP contribution is -2.16. The number of aliphatic hydroxyl groups is 1. The van der Waals surface area contributed by atoms with Gasteiger partial charge in [-0.3, -0.25) is 0 Å². The monoisotopic (exact) mass is 274 g/mol. The number of alkyl halides is 5. The van der Waals surface area contributed by atoms with E-state index in [2.05, 4.69) is 0 Å². The fourth-order valence-corrected chi connectivity index (χ4v) is 1.54. The van der Waals surface area contributed by atoms with Crippen molar-refractivity contribution in [2.45, 2.75) is 18.5 Å². The highest BCUT2D eigenvalue weighted by atomic mass is 35.5. The van der Waals surface area contributed by atoms with Crippen molar-refractivity contribution in [3.63, 3.8) is 0 Å². The largest absolute Gasteiger partial charge is 0.417 e. The number of benzene rings is 1. The van der Waals surface area contributed by atoms with Gasteiger partial charge in [0, 0.05) is 18.6 Å². The molecule has 0 fully saturated rings. The zero-order valence-corrected chi connectivity index (χ0v) is 9.12. The zero-order valence-electron chi connectivity index (χ0n) is 8.36. The molecule has 0 atom stereocenters. The van der Waals surface area contributed by atoms with Crippen molar-refractivity contribution in [3.05, 3.63) is 34.3 Å². The van der Waals surface area contributed by atoms with Gasteiger partial charge in [-0.25, -0.2) is 8.78 Å². The number of aliphatic hydroxyl groups excluding tert-OH is 1. The number of hydrogen-bond acceptors (Lipinski definition) is 1. The highest BCUT2D eigenvalue weighted by molar-refractivity contribution is 6.31. The molecule has 17 heavy (non-hydrogen) atoms. The number of rotatable bonds is 3. The predicted octanol–water partition coefficient (Wildman–Crippen LogP) is 3.83. The average molecular weight is 275 g/mol. The average Bonchev–Trinajstić information content (AvgIpc) is 2.15. The first kappa shape index (κ1) is 14.2. The molecule has 1 N–H and O–H groups in total. The van der Waals surface area contributed by atoms with Crippen molar-refractivity contribution < 1.29 is 27.1 Å². The summed E-state index contributed by atoms with van der Waals surface area (Å²) in [5, 5.41) is 7.64. The van der Waals surface area contributed by atoms with E-state index in [1.54, 1.807) is 0 Å². The minimum atomic E-state index is -4.68. The van der Waals surface area contributed by atoms with Crippen molar-refractivity contribution in [2.24, 2.45) is 0 Å². The van der Waals surface area contributed by atoms with Crippen LogP contribution >= 0.6 is 11.6 Å². The van der Waals surface area contributed by atoms with Crippen LogP contribution in [0.5, 0.6) is 0 Å². The SMILES string of the molecule is OCCC(F)(F)c1ccc(C(F)(F)F)c(Cl)c1. The summed E-state index contributed by atoms with van der Waals surface area (Å²) in [6.45, 7) is -0.772. The Morgan fingerprint density at radius 1 is 1.12 bits per heavy atom. The third-order valence-electron chi connectivity index (χ3n) is 2.12. The maximum absolute atomic E-state index is 13.3. The van der Waals surface area contributed by atoms with Gasteiger partial charge in [-0.15, -0.1) is 0 Å². The molecule has 0 bridgehead atoms. The summed E-state index contributed by atoms with van der Waals surface area (Å²) >= 11 is 5.30. The highest BCUT2D eigenvalue weighted by Crippen LogP contribution is 2.38. The third-order valence-corrected chi connectivity index (χ3v) is 2.44. The van der Waals surface area contributed by atoms with Crippen molar-refractivity contribution in [1.82, 2.24) is 0 Å². The molecule has 0 unspecified atom stereocenters. The van der Waals surface area contributed by atoms with E-state index in [4.69, 9.17) is 16.7 Å². The molecule has 1 rings (SSSR count). The Labute approximate surface area is 98.8 Å². The van der Waals surface area contributed by atoms with E-state index >= 15 is 0 Å². The molecule has 1 nitrogen and oxygen atoms in total. The molecular weight excluding hydrogens is 267 g/mol. The summed E-state index contributed by atoms with van der Waals surface area (Å²) in [5.41, 5.74) is -1.81. The van der Waals surface area contributed by atoms with Crippen LogP contribution in [0.2, 0.25) is 5.02 Å². The second kappa shape index (κ2) is 4.78. The Bertz CT molecular complexity index is 402. The van der Waals surface area contributed by atoms with Crippen LogP contribution in [0.4, 0.5) is 22.0 Å². The molecule has 0 saturated heterocycles. The van der Waals surface area contributed by atoms with E-state index in [0.29, 0.717) is 18.2 Å². The van der Waals surface area contributed by atoms with Crippen molar-refractivity contribution in [3.8, 4) is 0 Å². The maximum Gasteiger partial charge on any atom is 0.417 e. The smallest absolute Gasteiger partial charge is 0.396 e. The molecule has 0 aromatic heterocycles. The summed E-state index contributed by atoms with van der Waals surface area (Å²) in [6.07, 6.45) is -5.55. The molecule has 0 aliphatic heterocycles. The lowest BCUT2D eigenvalue weighted by atomic mass is 10.0. The van der Waals surface area contributed by atoms with Crippen molar-refractivity contribution >= 4 is 11.6 Å². The van der Waals surface area contributed by atoms with Gasteiger partial charge in [0.15, 0.2) is 0 Å². The lowest BCUT2D eigenvalue weighted by Gasteiger charge is -2.17. The van der Waals surface area contributed by atoms with E-state index < -0.39 is 41.3 Å². The second-order valence-electron chi connectivity index (χ2n) is 3.37. The van der Waals surface area contributed by atoms with Gasteiger partial charge in [0.1, 0.15) is 0 Å². The van der Waals surface area contributed by atoms with Crippen LogP contribution in [0.25, 0.3) is 0 Å². The molecule has 0 spiro atoms. The van der Waals surface area contributed by atoms with Crippen molar-refractivity contribution in [1.29, 1.82) is 0 Å². The molecule has 7 heteroatoms. The topological polar surface area (TPSA) is 20.2 Å². The normalized spacial score (nSPS) is 12.9. The predicted molar refractivity (Wildman–Crippen MR) is 52.1 cm³/mol. The first-order valence-electron chi connectivity index (χ1n) is 4.54. The van der Waals surface area contributed by atoms with Crippen LogP contribution < -0.4 is 0 Å². The van der Waals surface area contributed by atoms with Gasteiger partial charge in [-0.1, -0.05) is 17.7 Å². The lowest BCUT2D eigenvalue weighted by molar-refractivity contribution is -0.137. The summed E-state index contributed by atoms with van der Waals surface area (Å²) in [5.74, 6) is -3.40. The summed E-state index contributed by atoms with van der Waals surface area (Å²) in [7, 11) is 0. The van der Waals surface area contributed by atoms with Crippen LogP contribution in [-0.2, 0) is 12.1 Å². The molecular formula is C10H8ClF5O. The number of halogens is 6. The Kier molecular flexibility index (Phi) is 3.99. The Balaban J connectivity index is 3.13. The molecule has 0 heterocycles. The molecule has 0 aliphatic rings. The summed E-state index contributed by atoms with van der Waals surface area (Å²) in [4.78, 5) is 0. The van der Waals surface area contributed by atoms with Crippen LogP contribution in [0, 0.1) is 0 Å². The first-order chi connectivity index (χ1) is 7.68. The Morgan fingerprint density at radius 2 is 1.71 bits per heavy atom. The fraction of sp³-hybridized carbons (Fsp3) is 0.400. The van der Waals surface area contributed by atoms with Crippen LogP contribution in [-0.4, -0.2) is 11.7 Å². The van der Waals surface area contributed by atoms with Gasteiger partial charge in [0.05, 0.1) is 10.6 Å². The molecule has 0 amide bonds. The highest BCUT2D eigenvalue weighted by Gasteiger charge is 2.36. The van der Waals surface area contributed by atoms with Gasteiger partial charge in [-0.05, 0) is 12.1 Å².